The molecule has 94 valence electrons. The fraction of sp³-hybridized carbons (Fsp3) is 0.538. The van der Waals surface area contributed by atoms with Crippen LogP contribution in [0.2, 0.25) is 0 Å². The minimum Gasteiger partial charge on any atom is -0.495 e. The second-order valence-corrected chi connectivity index (χ2v) is 5.41. The number of rotatable bonds is 4. The summed E-state index contributed by atoms with van der Waals surface area (Å²) in [5.74, 6) is 0.925. The molecule has 0 radical (unpaired) electrons. The summed E-state index contributed by atoms with van der Waals surface area (Å²) in [5, 5.41) is 3.52. The Morgan fingerprint density at radius 1 is 1.53 bits per heavy atom. The van der Waals surface area contributed by atoms with Gasteiger partial charge in [0.15, 0.2) is 0 Å². The van der Waals surface area contributed by atoms with Crippen LogP contribution < -0.4 is 15.0 Å². The van der Waals surface area contributed by atoms with E-state index in [4.69, 9.17) is 4.74 Å². The molecule has 0 spiro atoms. The zero-order chi connectivity index (χ0) is 12.3. The lowest BCUT2D eigenvalue weighted by Crippen LogP contribution is -2.35. The standard InChI is InChI=1S/C13H19BrN2O/c1-16(9-11-4-3-7-15-11)12-8-10(14)5-6-13(12)17-2/h5-6,8,11,15H,3-4,7,9H2,1-2H3. The quantitative estimate of drug-likeness (QED) is 0.925. The highest BCUT2D eigenvalue weighted by Crippen LogP contribution is 2.31. The topological polar surface area (TPSA) is 24.5 Å². The van der Waals surface area contributed by atoms with Gasteiger partial charge in [0.2, 0.25) is 0 Å². The summed E-state index contributed by atoms with van der Waals surface area (Å²) in [5.41, 5.74) is 1.13. The van der Waals surface area contributed by atoms with E-state index < -0.39 is 0 Å². The summed E-state index contributed by atoms with van der Waals surface area (Å²) in [6, 6.07) is 6.71. The summed E-state index contributed by atoms with van der Waals surface area (Å²) in [4.78, 5) is 2.26. The molecule has 1 unspecified atom stereocenters. The van der Waals surface area contributed by atoms with Gasteiger partial charge in [0, 0.05) is 24.1 Å². The Kier molecular flexibility index (Phi) is 4.29. The number of hydrogen-bond acceptors (Lipinski definition) is 3. The van der Waals surface area contributed by atoms with Crippen molar-refractivity contribution in [3.8, 4) is 5.75 Å². The molecule has 1 heterocycles. The molecule has 1 aromatic carbocycles. The van der Waals surface area contributed by atoms with Crippen molar-refractivity contribution in [1.82, 2.24) is 5.32 Å². The van der Waals surface area contributed by atoms with Crippen molar-refractivity contribution in [3.63, 3.8) is 0 Å². The van der Waals surface area contributed by atoms with Crippen molar-refractivity contribution in [1.29, 1.82) is 0 Å². The van der Waals surface area contributed by atoms with Gasteiger partial charge in [0.05, 0.1) is 12.8 Å². The second-order valence-electron chi connectivity index (χ2n) is 4.49. The predicted octanol–water partition coefficient (Wildman–Crippen LogP) is 2.65. The van der Waals surface area contributed by atoms with Gasteiger partial charge in [-0.1, -0.05) is 15.9 Å². The Morgan fingerprint density at radius 2 is 2.35 bits per heavy atom. The molecular formula is C13H19BrN2O. The van der Waals surface area contributed by atoms with E-state index in [2.05, 4.69) is 39.3 Å². The monoisotopic (exact) mass is 298 g/mol. The zero-order valence-electron chi connectivity index (χ0n) is 10.4. The molecule has 0 amide bonds. The molecule has 1 atom stereocenters. The molecule has 1 aliphatic rings. The van der Waals surface area contributed by atoms with Crippen LogP contribution in [0.25, 0.3) is 0 Å². The number of ether oxygens (including phenoxy) is 1. The first-order valence-corrected chi connectivity index (χ1v) is 6.78. The van der Waals surface area contributed by atoms with Crippen molar-refractivity contribution in [2.24, 2.45) is 0 Å². The zero-order valence-corrected chi connectivity index (χ0v) is 12.0. The fourth-order valence-electron chi connectivity index (χ4n) is 2.30. The van der Waals surface area contributed by atoms with Crippen molar-refractivity contribution in [3.05, 3.63) is 22.7 Å². The first kappa shape index (κ1) is 12.7. The largest absolute Gasteiger partial charge is 0.495 e. The number of hydrogen-bond donors (Lipinski definition) is 1. The van der Waals surface area contributed by atoms with Crippen molar-refractivity contribution in [2.75, 3.05) is 32.1 Å². The van der Waals surface area contributed by atoms with Crippen LogP contribution in [0.5, 0.6) is 5.75 Å². The smallest absolute Gasteiger partial charge is 0.142 e. The Bertz CT molecular complexity index is 378. The third kappa shape index (κ3) is 3.13. The Hall–Kier alpha value is -0.740. The summed E-state index contributed by atoms with van der Waals surface area (Å²) in [7, 11) is 3.83. The molecule has 1 N–H and O–H groups in total. The molecule has 0 saturated carbocycles. The number of halogens is 1. The van der Waals surface area contributed by atoms with Crippen LogP contribution in [0, 0.1) is 0 Å². The van der Waals surface area contributed by atoms with Crippen LogP contribution in [0.4, 0.5) is 5.69 Å². The van der Waals surface area contributed by atoms with Gasteiger partial charge in [0.25, 0.3) is 0 Å². The number of nitrogens with zero attached hydrogens (tertiary/aromatic N) is 1. The van der Waals surface area contributed by atoms with Gasteiger partial charge in [-0.2, -0.15) is 0 Å². The third-order valence-electron chi connectivity index (χ3n) is 3.21. The molecule has 1 saturated heterocycles. The summed E-state index contributed by atoms with van der Waals surface area (Å²) >= 11 is 3.51. The van der Waals surface area contributed by atoms with Crippen LogP contribution in [0.15, 0.2) is 22.7 Å². The van der Waals surface area contributed by atoms with Crippen LogP contribution in [-0.2, 0) is 0 Å². The molecular weight excluding hydrogens is 280 g/mol. The lowest BCUT2D eigenvalue weighted by Gasteiger charge is -2.25. The number of methoxy groups -OCH3 is 1. The average molecular weight is 299 g/mol. The van der Waals surface area contributed by atoms with E-state index in [0.29, 0.717) is 6.04 Å². The normalized spacial score (nSPS) is 19.4. The summed E-state index contributed by atoms with van der Waals surface area (Å²) < 4.78 is 6.49. The fourth-order valence-corrected chi connectivity index (χ4v) is 2.65. The molecule has 2 rings (SSSR count). The van der Waals surface area contributed by atoms with Gasteiger partial charge < -0.3 is 15.0 Å². The molecule has 3 nitrogen and oxygen atoms in total. The van der Waals surface area contributed by atoms with Gasteiger partial charge in [0.1, 0.15) is 5.75 Å². The second kappa shape index (κ2) is 5.74. The van der Waals surface area contributed by atoms with E-state index in [1.807, 2.05) is 12.1 Å². The predicted molar refractivity (Wildman–Crippen MR) is 75.0 cm³/mol. The number of likely N-dealkylation sites (N-methyl/N-ethyl adjacent to an activating group) is 1. The van der Waals surface area contributed by atoms with Gasteiger partial charge >= 0.3 is 0 Å². The maximum atomic E-state index is 5.40. The van der Waals surface area contributed by atoms with Crippen molar-refractivity contribution >= 4 is 21.6 Å². The first-order valence-electron chi connectivity index (χ1n) is 5.99. The number of anilines is 1. The SMILES string of the molecule is COc1ccc(Br)cc1N(C)CC1CCCN1. The average Bonchev–Trinajstić information content (AvgIpc) is 2.81. The van der Waals surface area contributed by atoms with Crippen LogP contribution >= 0.6 is 15.9 Å². The summed E-state index contributed by atoms with van der Waals surface area (Å²) in [6.45, 7) is 2.17. The molecule has 4 heteroatoms. The number of nitrogens with one attached hydrogen (secondary N) is 1. The molecule has 1 aromatic rings. The molecule has 0 aliphatic carbocycles. The minimum atomic E-state index is 0.601. The van der Waals surface area contributed by atoms with E-state index in [0.717, 1.165) is 29.0 Å². The van der Waals surface area contributed by atoms with E-state index in [9.17, 15) is 0 Å². The Morgan fingerprint density at radius 3 is 3.00 bits per heavy atom. The molecule has 0 aromatic heterocycles. The lowest BCUT2D eigenvalue weighted by molar-refractivity contribution is 0.414. The molecule has 17 heavy (non-hydrogen) atoms. The van der Waals surface area contributed by atoms with Crippen LogP contribution in [0.3, 0.4) is 0 Å². The molecule has 1 aliphatic heterocycles. The highest BCUT2D eigenvalue weighted by molar-refractivity contribution is 9.10. The van der Waals surface area contributed by atoms with Crippen LogP contribution in [-0.4, -0.2) is 33.3 Å². The van der Waals surface area contributed by atoms with E-state index in [-0.39, 0.29) is 0 Å². The number of benzene rings is 1. The highest BCUT2D eigenvalue weighted by Gasteiger charge is 2.17. The van der Waals surface area contributed by atoms with Gasteiger partial charge in [-0.05, 0) is 37.6 Å². The maximum Gasteiger partial charge on any atom is 0.142 e. The lowest BCUT2D eigenvalue weighted by atomic mass is 10.2. The Balaban J connectivity index is 2.11. The first-order chi connectivity index (χ1) is 8.20. The molecule has 0 bridgehead atoms. The van der Waals surface area contributed by atoms with Crippen LogP contribution in [0.1, 0.15) is 12.8 Å². The van der Waals surface area contributed by atoms with E-state index >= 15 is 0 Å². The Labute approximate surface area is 111 Å². The maximum absolute atomic E-state index is 5.40. The van der Waals surface area contributed by atoms with Gasteiger partial charge in [-0.25, -0.2) is 0 Å². The van der Waals surface area contributed by atoms with Crippen molar-refractivity contribution < 1.29 is 4.74 Å². The minimum absolute atomic E-state index is 0.601. The summed E-state index contributed by atoms with van der Waals surface area (Å²) in [6.07, 6.45) is 2.55. The van der Waals surface area contributed by atoms with E-state index in [1.165, 1.54) is 12.8 Å². The van der Waals surface area contributed by atoms with Crippen molar-refractivity contribution in [2.45, 2.75) is 18.9 Å². The van der Waals surface area contributed by atoms with Gasteiger partial charge in [-0.3, -0.25) is 0 Å². The van der Waals surface area contributed by atoms with Gasteiger partial charge in [-0.15, -0.1) is 0 Å². The van der Waals surface area contributed by atoms with E-state index in [1.54, 1.807) is 7.11 Å². The third-order valence-corrected chi connectivity index (χ3v) is 3.70. The highest BCUT2D eigenvalue weighted by atomic mass is 79.9. The molecule has 1 fully saturated rings.